The number of furan rings is 1. The summed E-state index contributed by atoms with van der Waals surface area (Å²) in [6.07, 6.45) is 6.65. The molecule has 1 saturated carbocycles. The molecule has 1 aliphatic carbocycles. The molecule has 1 unspecified atom stereocenters. The van der Waals surface area contributed by atoms with E-state index >= 15 is 0 Å². The number of phenolic OH excluding ortho intramolecular Hbond substituents is 1. The molecule has 3 heterocycles. The summed E-state index contributed by atoms with van der Waals surface area (Å²) in [5, 5.41) is 14.0. The molecule has 1 aliphatic heterocycles. The number of aryl methyl sites for hydroxylation is 1. The number of benzene rings is 2. The van der Waals surface area contributed by atoms with Gasteiger partial charge in [-0.3, -0.25) is 4.90 Å². The van der Waals surface area contributed by atoms with E-state index in [4.69, 9.17) is 18.6 Å². The summed E-state index contributed by atoms with van der Waals surface area (Å²) in [6, 6.07) is 11.1. The summed E-state index contributed by atoms with van der Waals surface area (Å²) in [4.78, 5) is 20.1. The normalized spacial score (nSPS) is 17.4. The van der Waals surface area contributed by atoms with E-state index in [1.54, 1.807) is 20.0 Å². The van der Waals surface area contributed by atoms with E-state index in [2.05, 4.69) is 9.88 Å². The fourth-order valence-corrected chi connectivity index (χ4v) is 6.31. The average Bonchev–Trinajstić information content (AvgIpc) is 3.62. The number of phenols is 1. The molecule has 2 aromatic carbocycles. The van der Waals surface area contributed by atoms with Crippen LogP contribution in [0.25, 0.3) is 21.7 Å². The van der Waals surface area contributed by atoms with Gasteiger partial charge in [0.1, 0.15) is 22.7 Å². The van der Waals surface area contributed by atoms with Crippen molar-refractivity contribution < 1.29 is 28.5 Å². The second-order valence-electron chi connectivity index (χ2n) is 10.7. The van der Waals surface area contributed by atoms with E-state index in [1.807, 2.05) is 36.4 Å². The number of nitrogens with zero attached hydrogens (tertiary/aromatic N) is 2. The predicted molar refractivity (Wildman–Crippen MR) is 152 cm³/mol. The number of carbonyl (C=O) groups is 1. The van der Waals surface area contributed by atoms with Gasteiger partial charge in [-0.25, -0.2) is 9.78 Å². The highest BCUT2D eigenvalue weighted by atomic mass is 16.5. The molecule has 2 aromatic heterocycles. The van der Waals surface area contributed by atoms with Crippen molar-refractivity contribution in [2.75, 3.05) is 39.5 Å². The topological polar surface area (TPSA) is 94.3 Å². The van der Waals surface area contributed by atoms with Gasteiger partial charge in [-0.1, -0.05) is 37.1 Å². The van der Waals surface area contributed by atoms with Crippen LogP contribution >= 0.6 is 0 Å². The second-order valence-corrected chi connectivity index (χ2v) is 10.7. The minimum absolute atomic E-state index is 0.121. The number of carbonyl (C=O) groups excluding carboxylic acids is 1. The summed E-state index contributed by atoms with van der Waals surface area (Å²) >= 11 is 0. The Hall–Kier alpha value is -3.62. The van der Waals surface area contributed by atoms with Crippen LogP contribution in [-0.2, 0) is 9.47 Å². The van der Waals surface area contributed by atoms with Crippen molar-refractivity contribution in [3.63, 3.8) is 0 Å². The van der Waals surface area contributed by atoms with Crippen LogP contribution in [0.4, 0.5) is 0 Å². The van der Waals surface area contributed by atoms with Crippen molar-refractivity contribution in [2.24, 2.45) is 5.92 Å². The molecular weight excluding hydrogens is 508 g/mol. The van der Waals surface area contributed by atoms with E-state index in [1.165, 1.54) is 25.7 Å². The molecule has 0 radical (unpaired) electrons. The first-order valence-corrected chi connectivity index (χ1v) is 14.3. The zero-order chi connectivity index (χ0) is 27.6. The fourth-order valence-electron chi connectivity index (χ4n) is 6.31. The first kappa shape index (κ1) is 26.6. The van der Waals surface area contributed by atoms with Crippen molar-refractivity contribution in [3.05, 3.63) is 65.0 Å². The quantitative estimate of drug-likeness (QED) is 0.264. The summed E-state index contributed by atoms with van der Waals surface area (Å²) < 4.78 is 23.6. The third-order valence-electron chi connectivity index (χ3n) is 8.22. The maximum atomic E-state index is 13.3. The van der Waals surface area contributed by atoms with Crippen LogP contribution in [-0.4, -0.2) is 60.5 Å². The summed E-state index contributed by atoms with van der Waals surface area (Å²) in [6.45, 7) is 6.89. The average molecular weight is 545 g/mol. The molecule has 0 spiro atoms. The Kier molecular flexibility index (Phi) is 7.63. The van der Waals surface area contributed by atoms with Crippen molar-refractivity contribution in [1.82, 2.24) is 9.88 Å². The lowest BCUT2D eigenvalue weighted by molar-refractivity contribution is 0.0237. The van der Waals surface area contributed by atoms with Gasteiger partial charge in [0.2, 0.25) is 5.88 Å². The van der Waals surface area contributed by atoms with Gasteiger partial charge in [0.25, 0.3) is 0 Å². The highest BCUT2D eigenvalue weighted by molar-refractivity contribution is 6.16. The number of esters is 1. The van der Waals surface area contributed by atoms with E-state index in [0.717, 1.165) is 10.9 Å². The molecule has 1 N–H and O–H groups in total. The highest BCUT2D eigenvalue weighted by Gasteiger charge is 2.34. The van der Waals surface area contributed by atoms with Crippen LogP contribution in [0.2, 0.25) is 0 Å². The Morgan fingerprint density at radius 3 is 2.65 bits per heavy atom. The molecule has 4 aromatic rings. The summed E-state index contributed by atoms with van der Waals surface area (Å²) in [5.41, 5.74) is 2.44. The molecule has 40 heavy (non-hydrogen) atoms. The predicted octanol–water partition coefficient (Wildman–Crippen LogP) is 6.16. The number of aromatic nitrogens is 1. The van der Waals surface area contributed by atoms with Crippen molar-refractivity contribution in [2.45, 2.75) is 45.6 Å². The first-order chi connectivity index (χ1) is 19.6. The van der Waals surface area contributed by atoms with Crippen LogP contribution in [0.5, 0.6) is 11.6 Å². The molecule has 2 fully saturated rings. The number of hydrogen-bond donors (Lipinski definition) is 1. The smallest absolute Gasteiger partial charge is 0.342 e. The Morgan fingerprint density at radius 1 is 1.15 bits per heavy atom. The number of fused-ring (bicyclic) bond motifs is 3. The molecular formula is C32H36N2O6. The molecule has 6 rings (SSSR count). The van der Waals surface area contributed by atoms with E-state index in [-0.39, 0.29) is 12.4 Å². The Balaban J connectivity index is 1.56. The maximum Gasteiger partial charge on any atom is 0.342 e. The maximum absolute atomic E-state index is 13.3. The zero-order valence-corrected chi connectivity index (χ0v) is 23.2. The summed E-state index contributed by atoms with van der Waals surface area (Å²) in [5.74, 6) is 1.24. The number of rotatable bonds is 8. The highest BCUT2D eigenvalue weighted by Crippen LogP contribution is 2.47. The monoisotopic (exact) mass is 544 g/mol. The molecule has 0 amide bonds. The summed E-state index contributed by atoms with van der Waals surface area (Å²) in [7, 11) is 0. The van der Waals surface area contributed by atoms with Gasteiger partial charge in [-0.15, -0.1) is 0 Å². The van der Waals surface area contributed by atoms with Crippen molar-refractivity contribution >= 4 is 27.7 Å². The van der Waals surface area contributed by atoms with E-state index in [9.17, 15) is 9.90 Å². The number of pyridine rings is 1. The van der Waals surface area contributed by atoms with Gasteiger partial charge in [-0.2, -0.15) is 0 Å². The van der Waals surface area contributed by atoms with E-state index < -0.39 is 12.0 Å². The van der Waals surface area contributed by atoms with Gasteiger partial charge in [0, 0.05) is 47.1 Å². The van der Waals surface area contributed by atoms with Gasteiger partial charge in [-0.05, 0) is 44.2 Å². The third kappa shape index (κ3) is 4.90. The van der Waals surface area contributed by atoms with Crippen LogP contribution in [0, 0.1) is 12.8 Å². The lowest BCUT2D eigenvalue weighted by Gasteiger charge is -2.36. The van der Waals surface area contributed by atoms with Crippen molar-refractivity contribution in [3.8, 4) is 11.6 Å². The van der Waals surface area contributed by atoms with Crippen LogP contribution in [0.1, 0.15) is 65.9 Å². The number of aromatic hydroxyl groups is 1. The standard InChI is InChI=1S/C32H36N2O6/c1-3-38-32(36)26-20(2)40-31-24-11-7-6-10-23(24)30(35)28(27(26)31)29(34-14-16-37-17-15-34)22-12-13-33-25(18-22)39-19-21-8-4-5-9-21/h6-7,10-13,18,21,29,35H,3-5,8-9,14-17,19H2,1-2H3. The van der Waals surface area contributed by atoms with Gasteiger partial charge < -0.3 is 23.7 Å². The lowest BCUT2D eigenvalue weighted by atomic mass is 9.89. The molecule has 210 valence electrons. The van der Waals surface area contributed by atoms with Crippen LogP contribution in [0.15, 0.2) is 47.0 Å². The lowest BCUT2D eigenvalue weighted by Crippen LogP contribution is -2.39. The minimum atomic E-state index is -0.467. The molecule has 8 nitrogen and oxygen atoms in total. The number of morpholine rings is 1. The zero-order valence-electron chi connectivity index (χ0n) is 23.2. The number of ether oxygens (including phenoxy) is 3. The van der Waals surface area contributed by atoms with E-state index in [0.29, 0.717) is 78.0 Å². The van der Waals surface area contributed by atoms with Gasteiger partial charge >= 0.3 is 5.97 Å². The SMILES string of the molecule is CCOC(=O)c1c(C)oc2c1c(C(c1ccnc(OCC3CCCC3)c1)N1CCOCC1)c(O)c1ccccc12. The third-order valence-corrected chi connectivity index (χ3v) is 8.22. The Bertz CT molecular complexity index is 1520. The van der Waals surface area contributed by atoms with Gasteiger partial charge in [0.05, 0.1) is 32.5 Å². The molecule has 1 atom stereocenters. The van der Waals surface area contributed by atoms with Crippen LogP contribution < -0.4 is 4.74 Å². The Labute approximate surface area is 233 Å². The second kappa shape index (κ2) is 11.5. The number of hydrogen-bond acceptors (Lipinski definition) is 8. The molecule has 8 heteroatoms. The van der Waals surface area contributed by atoms with Gasteiger partial charge in [0.15, 0.2) is 0 Å². The molecule has 2 aliphatic rings. The largest absolute Gasteiger partial charge is 0.507 e. The molecule has 1 saturated heterocycles. The minimum Gasteiger partial charge on any atom is -0.507 e. The molecule has 0 bridgehead atoms. The Morgan fingerprint density at radius 2 is 1.90 bits per heavy atom. The van der Waals surface area contributed by atoms with Crippen molar-refractivity contribution in [1.29, 1.82) is 0 Å². The fraction of sp³-hybridized carbons (Fsp3) is 0.438. The first-order valence-electron chi connectivity index (χ1n) is 14.3. The van der Waals surface area contributed by atoms with Crippen LogP contribution in [0.3, 0.4) is 0 Å².